The van der Waals surface area contributed by atoms with E-state index >= 15 is 0 Å². The highest BCUT2D eigenvalue weighted by molar-refractivity contribution is 6.02. The third kappa shape index (κ3) is 18.6. The predicted molar refractivity (Wildman–Crippen MR) is 259 cm³/mol. The molecule has 1 aliphatic heterocycles. The van der Waals surface area contributed by atoms with Gasteiger partial charge < -0.3 is 75.9 Å². The molecule has 0 unspecified atom stereocenters. The van der Waals surface area contributed by atoms with Gasteiger partial charge in [-0.25, -0.2) is 0 Å². The van der Waals surface area contributed by atoms with Gasteiger partial charge in [0.15, 0.2) is 0 Å². The molecule has 0 fully saturated rings. The third-order valence-electron chi connectivity index (χ3n) is 10.6. The molecule has 0 spiro atoms. The molecule has 1 heterocycles. The second-order valence-electron chi connectivity index (χ2n) is 16.1. The number of phenolic OH excluding ortho intramolecular Hbond substituents is 1. The second-order valence-corrected chi connectivity index (χ2v) is 16.1. The Morgan fingerprint density at radius 1 is 0.696 bits per heavy atom. The number of carbonyl (C=O) groups excluding carboxylic acids is 5. The molecule has 69 heavy (non-hydrogen) atoms. The number of nitrogens with zero attached hydrogens (tertiary/aromatic N) is 1. The van der Waals surface area contributed by atoms with Crippen LogP contribution in [0.2, 0.25) is 0 Å². The molecule has 0 saturated heterocycles. The zero-order valence-corrected chi connectivity index (χ0v) is 40.0. The van der Waals surface area contributed by atoms with Crippen LogP contribution in [0.15, 0.2) is 66.7 Å². The smallest absolute Gasteiger partial charge is 0.246 e. The number of ether oxygens (including phenoxy) is 6. The summed E-state index contributed by atoms with van der Waals surface area (Å²) in [7, 11) is 1.40. The number of benzene rings is 3. The maximum absolute atomic E-state index is 13.7. The van der Waals surface area contributed by atoms with Gasteiger partial charge in [-0.2, -0.15) is 0 Å². The van der Waals surface area contributed by atoms with E-state index in [0.29, 0.717) is 62.2 Å². The SMILES string of the molecule is COc1cc(O)ccc1NC(=O)[C@H](C)NC(=O)[C@@H](NC(=O)CCOCCOCCOCCOCCNC(=O)CCC(=O)N1Cc2ccccc2/C(NCCOCCO)=C(/N)c2ccccc21)C(C)C. The first-order valence-corrected chi connectivity index (χ1v) is 23.1. The maximum atomic E-state index is 13.7. The van der Waals surface area contributed by atoms with Crippen LogP contribution in [0.5, 0.6) is 11.5 Å². The molecule has 5 amide bonds. The Kier molecular flexibility index (Phi) is 24.2. The quantitative estimate of drug-likeness (QED) is 0.0340. The number of methoxy groups -OCH3 is 1. The standard InChI is InChI=1S/C49H69N7O13/c1-33(2)46(49(63)53-34(3)48(62)54-39-14-13-36(58)31-41(39)64-4)55-43(60)17-21-65-25-27-68-29-30-69-28-26-67-22-18-51-42(59)15-16-44(61)56-32-35-9-5-6-10-37(35)47(52-19-23-66-24-20-57)45(50)38-11-7-8-12-40(38)56/h5-14,31,33-34,46,52,57-58H,15-30,32,50H2,1-4H3,(H,51,59)(H,53,63)(H,54,62)(H,55,60)/b47-45-/t34-,46-/m0/s1. The molecule has 0 saturated carbocycles. The van der Waals surface area contributed by atoms with Crippen molar-refractivity contribution in [2.45, 2.75) is 58.7 Å². The molecule has 378 valence electrons. The number of rotatable bonds is 31. The number of amides is 5. The van der Waals surface area contributed by atoms with Gasteiger partial charge >= 0.3 is 0 Å². The molecule has 9 N–H and O–H groups in total. The van der Waals surface area contributed by atoms with Gasteiger partial charge in [-0.15, -0.1) is 0 Å². The monoisotopic (exact) mass is 963 g/mol. The van der Waals surface area contributed by atoms with Gasteiger partial charge in [0, 0.05) is 49.5 Å². The Balaban J connectivity index is 1.03. The normalized spacial score (nSPS) is 14.1. The van der Waals surface area contributed by atoms with Gasteiger partial charge in [0.2, 0.25) is 29.5 Å². The third-order valence-corrected chi connectivity index (χ3v) is 10.6. The fourth-order valence-corrected chi connectivity index (χ4v) is 7.01. The van der Waals surface area contributed by atoms with Gasteiger partial charge in [0.05, 0.1) is 109 Å². The number of hydrogen-bond acceptors (Lipinski definition) is 15. The van der Waals surface area contributed by atoms with E-state index in [2.05, 4.69) is 26.6 Å². The molecule has 4 rings (SSSR count). The molecule has 0 bridgehead atoms. The number of para-hydroxylation sites is 1. The van der Waals surface area contributed by atoms with Crippen LogP contribution in [-0.2, 0) is 54.2 Å². The molecule has 3 aromatic rings. The summed E-state index contributed by atoms with van der Waals surface area (Å²) in [6, 6.07) is 17.6. The van der Waals surface area contributed by atoms with E-state index in [-0.39, 0.29) is 107 Å². The van der Waals surface area contributed by atoms with Gasteiger partial charge in [0.25, 0.3) is 0 Å². The first kappa shape index (κ1) is 55.3. The number of aliphatic hydroxyl groups is 1. The summed E-state index contributed by atoms with van der Waals surface area (Å²) in [6.45, 7) is 8.86. The molecule has 20 nitrogen and oxygen atoms in total. The van der Waals surface area contributed by atoms with E-state index in [1.54, 1.807) is 18.7 Å². The fraction of sp³-hybridized carbons (Fsp3) is 0.490. The van der Waals surface area contributed by atoms with Crippen LogP contribution in [0.1, 0.15) is 56.7 Å². The summed E-state index contributed by atoms with van der Waals surface area (Å²) in [5, 5.41) is 32.9. The number of anilines is 2. The highest BCUT2D eigenvalue weighted by atomic mass is 16.6. The van der Waals surface area contributed by atoms with E-state index in [1.165, 1.54) is 32.2 Å². The summed E-state index contributed by atoms with van der Waals surface area (Å²) in [4.78, 5) is 66.4. The Morgan fingerprint density at radius 3 is 2.00 bits per heavy atom. The van der Waals surface area contributed by atoms with Crippen molar-refractivity contribution >= 4 is 52.3 Å². The van der Waals surface area contributed by atoms with E-state index in [0.717, 1.165) is 16.8 Å². The maximum Gasteiger partial charge on any atom is 0.246 e. The lowest BCUT2D eigenvalue weighted by molar-refractivity contribution is -0.132. The van der Waals surface area contributed by atoms with Crippen LogP contribution in [0, 0.1) is 5.92 Å². The summed E-state index contributed by atoms with van der Waals surface area (Å²) in [6.07, 6.45) is 0.00967. The number of nitrogens with one attached hydrogen (secondary N) is 5. The van der Waals surface area contributed by atoms with Gasteiger partial charge in [-0.05, 0) is 36.6 Å². The van der Waals surface area contributed by atoms with Crippen molar-refractivity contribution in [1.82, 2.24) is 21.3 Å². The largest absolute Gasteiger partial charge is 0.508 e. The topological polar surface area (TPSA) is 271 Å². The summed E-state index contributed by atoms with van der Waals surface area (Å²) in [5.41, 5.74) is 11.4. The van der Waals surface area contributed by atoms with Crippen molar-refractivity contribution in [3.05, 3.63) is 83.4 Å². The minimum absolute atomic E-state index is 0.000795. The first-order valence-electron chi connectivity index (χ1n) is 23.1. The fourth-order valence-electron chi connectivity index (χ4n) is 7.01. The molecule has 0 aliphatic carbocycles. The first-order chi connectivity index (χ1) is 33.3. The van der Waals surface area contributed by atoms with Crippen LogP contribution < -0.4 is 42.0 Å². The number of nitrogens with two attached hydrogens (primary N) is 1. The predicted octanol–water partition coefficient (Wildman–Crippen LogP) is 2.27. The average Bonchev–Trinajstić information content (AvgIpc) is 3.33. The number of carbonyl (C=O) groups is 5. The van der Waals surface area contributed by atoms with Crippen LogP contribution in [0.3, 0.4) is 0 Å². The molecule has 3 aromatic carbocycles. The average molecular weight is 964 g/mol. The summed E-state index contributed by atoms with van der Waals surface area (Å²) < 4.78 is 32.7. The molecule has 2 atom stereocenters. The van der Waals surface area contributed by atoms with E-state index < -0.39 is 23.9 Å². The minimum Gasteiger partial charge on any atom is -0.508 e. The van der Waals surface area contributed by atoms with Crippen molar-refractivity contribution in [1.29, 1.82) is 0 Å². The number of aromatic hydroxyl groups is 1. The Labute approximate surface area is 403 Å². The van der Waals surface area contributed by atoms with Crippen LogP contribution in [-0.4, -0.2) is 145 Å². The second kappa shape index (κ2) is 30.3. The highest BCUT2D eigenvalue weighted by Gasteiger charge is 2.28. The number of phenols is 1. The molecule has 0 radical (unpaired) electrons. The van der Waals surface area contributed by atoms with E-state index in [1.807, 2.05) is 48.5 Å². The zero-order chi connectivity index (χ0) is 50.0. The van der Waals surface area contributed by atoms with Crippen molar-refractivity contribution in [2.75, 3.05) is 103 Å². The number of hydrogen-bond donors (Lipinski definition) is 8. The van der Waals surface area contributed by atoms with Crippen LogP contribution in [0.25, 0.3) is 11.4 Å². The van der Waals surface area contributed by atoms with Gasteiger partial charge in [-0.1, -0.05) is 56.3 Å². The lowest BCUT2D eigenvalue weighted by Gasteiger charge is -2.30. The van der Waals surface area contributed by atoms with Crippen molar-refractivity contribution in [3.63, 3.8) is 0 Å². The molecular formula is C49H69N7O13. The Morgan fingerprint density at radius 2 is 1.32 bits per heavy atom. The van der Waals surface area contributed by atoms with Crippen LogP contribution >= 0.6 is 0 Å². The number of fused-ring (bicyclic) bond motifs is 2. The highest BCUT2D eigenvalue weighted by Crippen LogP contribution is 2.35. The number of aliphatic hydroxyl groups excluding tert-OH is 1. The minimum atomic E-state index is -0.933. The summed E-state index contributed by atoms with van der Waals surface area (Å²) in [5.74, 6) is -1.93. The van der Waals surface area contributed by atoms with Gasteiger partial charge in [0.1, 0.15) is 23.6 Å². The summed E-state index contributed by atoms with van der Waals surface area (Å²) >= 11 is 0. The van der Waals surface area contributed by atoms with E-state index in [4.69, 9.17) is 39.3 Å². The molecule has 0 aromatic heterocycles. The molecular weight excluding hydrogens is 895 g/mol. The van der Waals surface area contributed by atoms with Crippen molar-refractivity contribution in [3.8, 4) is 11.5 Å². The van der Waals surface area contributed by atoms with Crippen molar-refractivity contribution < 1.29 is 62.6 Å². The molecule has 1 aliphatic rings. The Hall–Kier alpha value is -6.29. The zero-order valence-electron chi connectivity index (χ0n) is 40.0. The van der Waals surface area contributed by atoms with Crippen molar-refractivity contribution in [2.24, 2.45) is 11.7 Å². The Bertz CT molecular complexity index is 2150. The lowest BCUT2D eigenvalue weighted by Crippen LogP contribution is -2.53. The van der Waals surface area contributed by atoms with Crippen LogP contribution in [0.4, 0.5) is 11.4 Å². The van der Waals surface area contributed by atoms with Gasteiger partial charge in [-0.3, -0.25) is 24.0 Å². The lowest BCUT2D eigenvalue weighted by atomic mass is 9.95. The molecule has 20 heteroatoms. The van der Waals surface area contributed by atoms with E-state index in [9.17, 15) is 29.1 Å².